The summed E-state index contributed by atoms with van der Waals surface area (Å²) < 4.78 is 19.4. The van der Waals surface area contributed by atoms with Crippen molar-refractivity contribution >= 4 is 5.84 Å². The van der Waals surface area contributed by atoms with Crippen LogP contribution in [0.25, 0.3) is 0 Å². The molecule has 2 aromatic rings. The minimum atomic E-state index is -0.415. The van der Waals surface area contributed by atoms with Crippen molar-refractivity contribution in [2.45, 2.75) is 13.5 Å². The maximum atomic E-state index is 13.8. The van der Waals surface area contributed by atoms with E-state index in [1.807, 2.05) is 31.2 Å². The SMILES string of the molecule is Cc1ccccc1OCc1ccc(C(=N)N)cc1F. The Labute approximate surface area is 111 Å². The molecule has 0 spiro atoms. The lowest BCUT2D eigenvalue weighted by molar-refractivity contribution is 0.298. The number of aryl methyl sites for hydroxylation is 1. The van der Waals surface area contributed by atoms with Gasteiger partial charge in [0.1, 0.15) is 24.0 Å². The van der Waals surface area contributed by atoms with E-state index >= 15 is 0 Å². The molecule has 2 aromatic carbocycles. The van der Waals surface area contributed by atoms with Gasteiger partial charge in [0.25, 0.3) is 0 Å². The van der Waals surface area contributed by atoms with E-state index in [0.717, 1.165) is 11.3 Å². The summed E-state index contributed by atoms with van der Waals surface area (Å²) in [5.41, 5.74) is 7.12. The molecule has 2 rings (SSSR count). The number of hydrogen-bond donors (Lipinski definition) is 2. The fraction of sp³-hybridized carbons (Fsp3) is 0.133. The van der Waals surface area contributed by atoms with E-state index in [2.05, 4.69) is 0 Å². The molecule has 3 N–H and O–H groups in total. The number of benzene rings is 2. The van der Waals surface area contributed by atoms with Gasteiger partial charge >= 0.3 is 0 Å². The van der Waals surface area contributed by atoms with Crippen LogP contribution in [-0.2, 0) is 6.61 Å². The summed E-state index contributed by atoms with van der Waals surface area (Å²) in [6.45, 7) is 2.08. The average Bonchev–Trinajstić information content (AvgIpc) is 2.39. The van der Waals surface area contributed by atoms with E-state index in [1.54, 1.807) is 12.1 Å². The predicted octanol–water partition coefficient (Wildman–Crippen LogP) is 3.00. The fourth-order valence-corrected chi connectivity index (χ4v) is 1.71. The van der Waals surface area contributed by atoms with Crippen LogP contribution in [0.15, 0.2) is 42.5 Å². The first-order valence-electron chi connectivity index (χ1n) is 5.89. The summed E-state index contributed by atoms with van der Waals surface area (Å²) in [4.78, 5) is 0. The molecule has 0 unspecified atom stereocenters. The lowest BCUT2D eigenvalue weighted by Gasteiger charge is -2.10. The van der Waals surface area contributed by atoms with Gasteiger partial charge in [-0.2, -0.15) is 0 Å². The highest BCUT2D eigenvalue weighted by Crippen LogP contribution is 2.19. The molecule has 98 valence electrons. The number of ether oxygens (including phenoxy) is 1. The summed E-state index contributed by atoms with van der Waals surface area (Å²) in [6, 6.07) is 12.0. The summed E-state index contributed by atoms with van der Waals surface area (Å²) >= 11 is 0. The van der Waals surface area contributed by atoms with Gasteiger partial charge in [-0.25, -0.2) is 4.39 Å². The molecule has 0 radical (unpaired) electrons. The Morgan fingerprint density at radius 3 is 2.63 bits per heavy atom. The number of rotatable bonds is 4. The number of nitrogens with two attached hydrogens (primary N) is 1. The molecule has 3 nitrogen and oxygen atoms in total. The van der Waals surface area contributed by atoms with Crippen LogP contribution < -0.4 is 10.5 Å². The first kappa shape index (κ1) is 13.1. The Hall–Kier alpha value is -2.36. The second-order valence-electron chi connectivity index (χ2n) is 4.27. The second kappa shape index (κ2) is 5.52. The van der Waals surface area contributed by atoms with E-state index in [4.69, 9.17) is 15.9 Å². The van der Waals surface area contributed by atoms with E-state index in [1.165, 1.54) is 6.07 Å². The van der Waals surface area contributed by atoms with Gasteiger partial charge in [0.2, 0.25) is 0 Å². The zero-order chi connectivity index (χ0) is 13.8. The molecule has 0 aliphatic carbocycles. The zero-order valence-corrected chi connectivity index (χ0v) is 10.6. The van der Waals surface area contributed by atoms with E-state index < -0.39 is 5.82 Å². The van der Waals surface area contributed by atoms with Gasteiger partial charge < -0.3 is 10.5 Å². The molecule has 0 atom stereocenters. The summed E-state index contributed by atoms with van der Waals surface area (Å²) in [5.74, 6) is 0.170. The van der Waals surface area contributed by atoms with Crippen LogP contribution in [0.2, 0.25) is 0 Å². The van der Waals surface area contributed by atoms with Gasteiger partial charge in [-0.3, -0.25) is 5.41 Å². The topological polar surface area (TPSA) is 59.1 Å². The molecule has 0 aliphatic heterocycles. The quantitative estimate of drug-likeness (QED) is 0.654. The lowest BCUT2D eigenvalue weighted by Crippen LogP contribution is -2.12. The van der Waals surface area contributed by atoms with Gasteiger partial charge in [-0.1, -0.05) is 30.3 Å². The van der Waals surface area contributed by atoms with Gasteiger partial charge in [0, 0.05) is 11.1 Å². The Morgan fingerprint density at radius 1 is 1.26 bits per heavy atom. The van der Waals surface area contributed by atoms with Gasteiger partial charge in [0.05, 0.1) is 0 Å². The predicted molar refractivity (Wildman–Crippen MR) is 72.9 cm³/mol. The second-order valence-corrected chi connectivity index (χ2v) is 4.27. The van der Waals surface area contributed by atoms with E-state index in [-0.39, 0.29) is 12.4 Å². The molecule has 0 bridgehead atoms. The van der Waals surface area contributed by atoms with Crippen LogP contribution in [0.3, 0.4) is 0 Å². The number of halogens is 1. The minimum absolute atomic E-state index is 0.148. The average molecular weight is 258 g/mol. The first-order valence-corrected chi connectivity index (χ1v) is 5.89. The van der Waals surface area contributed by atoms with Crippen molar-refractivity contribution in [3.8, 4) is 5.75 Å². The van der Waals surface area contributed by atoms with Crippen molar-refractivity contribution in [2.75, 3.05) is 0 Å². The van der Waals surface area contributed by atoms with E-state index in [0.29, 0.717) is 11.1 Å². The first-order chi connectivity index (χ1) is 9.08. The number of hydrogen-bond acceptors (Lipinski definition) is 2. The zero-order valence-electron chi connectivity index (χ0n) is 10.6. The van der Waals surface area contributed by atoms with Gasteiger partial charge in [0.15, 0.2) is 0 Å². The number of nitrogen functional groups attached to an aromatic ring is 1. The van der Waals surface area contributed by atoms with Crippen molar-refractivity contribution in [1.29, 1.82) is 5.41 Å². The maximum Gasteiger partial charge on any atom is 0.130 e. The molecule has 0 amide bonds. The highest BCUT2D eigenvalue weighted by Gasteiger charge is 2.07. The maximum absolute atomic E-state index is 13.8. The van der Waals surface area contributed by atoms with Crippen molar-refractivity contribution in [2.24, 2.45) is 5.73 Å². The molecule has 0 aliphatic rings. The molecule has 19 heavy (non-hydrogen) atoms. The highest BCUT2D eigenvalue weighted by atomic mass is 19.1. The number of nitrogens with one attached hydrogen (secondary N) is 1. The molecule has 0 saturated carbocycles. The smallest absolute Gasteiger partial charge is 0.130 e. The number of amidine groups is 1. The Bertz CT molecular complexity index is 611. The van der Waals surface area contributed by atoms with Crippen molar-refractivity contribution in [3.05, 3.63) is 65.0 Å². The molecular weight excluding hydrogens is 243 g/mol. The monoisotopic (exact) mass is 258 g/mol. The van der Waals surface area contributed by atoms with E-state index in [9.17, 15) is 4.39 Å². The number of para-hydroxylation sites is 1. The molecule has 0 heterocycles. The van der Waals surface area contributed by atoms with Crippen LogP contribution in [-0.4, -0.2) is 5.84 Å². The third-order valence-electron chi connectivity index (χ3n) is 2.84. The van der Waals surface area contributed by atoms with Crippen LogP contribution in [0.4, 0.5) is 4.39 Å². The minimum Gasteiger partial charge on any atom is -0.489 e. The Kier molecular flexibility index (Phi) is 3.80. The molecule has 0 aromatic heterocycles. The van der Waals surface area contributed by atoms with Crippen molar-refractivity contribution in [1.82, 2.24) is 0 Å². The third kappa shape index (κ3) is 3.10. The molecule has 4 heteroatoms. The van der Waals surface area contributed by atoms with Crippen molar-refractivity contribution in [3.63, 3.8) is 0 Å². The van der Waals surface area contributed by atoms with Crippen LogP contribution in [0, 0.1) is 18.2 Å². The molecule has 0 saturated heterocycles. The lowest BCUT2D eigenvalue weighted by atomic mass is 10.1. The fourth-order valence-electron chi connectivity index (χ4n) is 1.71. The summed E-state index contributed by atoms with van der Waals surface area (Å²) in [5, 5.41) is 7.25. The van der Waals surface area contributed by atoms with Gasteiger partial charge in [-0.05, 0) is 24.6 Å². The van der Waals surface area contributed by atoms with Crippen LogP contribution in [0.1, 0.15) is 16.7 Å². The van der Waals surface area contributed by atoms with Gasteiger partial charge in [-0.15, -0.1) is 0 Å². The largest absolute Gasteiger partial charge is 0.489 e. The Balaban J connectivity index is 2.12. The van der Waals surface area contributed by atoms with Crippen LogP contribution in [0.5, 0.6) is 5.75 Å². The Morgan fingerprint density at radius 2 is 2.00 bits per heavy atom. The van der Waals surface area contributed by atoms with Crippen LogP contribution >= 0.6 is 0 Å². The summed E-state index contributed by atoms with van der Waals surface area (Å²) in [7, 11) is 0. The third-order valence-corrected chi connectivity index (χ3v) is 2.84. The standard InChI is InChI=1S/C15H15FN2O/c1-10-4-2-3-5-14(10)19-9-12-7-6-11(15(17)18)8-13(12)16/h2-8H,9H2,1H3,(H3,17,18). The highest BCUT2D eigenvalue weighted by molar-refractivity contribution is 5.94. The molecule has 0 fully saturated rings. The molecular formula is C15H15FN2O. The summed E-state index contributed by atoms with van der Waals surface area (Å²) in [6.07, 6.45) is 0. The normalized spacial score (nSPS) is 10.2. The van der Waals surface area contributed by atoms with Crippen molar-refractivity contribution < 1.29 is 9.13 Å².